The van der Waals surface area contributed by atoms with Crippen molar-refractivity contribution in [2.75, 3.05) is 6.54 Å². The molecule has 1 aliphatic rings. The summed E-state index contributed by atoms with van der Waals surface area (Å²) in [6, 6.07) is 19.2. The van der Waals surface area contributed by atoms with Crippen molar-refractivity contribution in [3.8, 4) is 5.75 Å². The number of fused-ring (bicyclic) bond motifs is 2. The van der Waals surface area contributed by atoms with Crippen molar-refractivity contribution in [2.24, 2.45) is 5.73 Å². The van der Waals surface area contributed by atoms with Crippen molar-refractivity contribution in [3.63, 3.8) is 0 Å². The van der Waals surface area contributed by atoms with Crippen LogP contribution in [0, 0.1) is 0 Å². The summed E-state index contributed by atoms with van der Waals surface area (Å²) in [6.07, 6.45) is 2.15. The average Bonchev–Trinajstić information content (AvgIpc) is 3.40. The van der Waals surface area contributed by atoms with Gasteiger partial charge in [-0.25, -0.2) is 4.98 Å². The van der Waals surface area contributed by atoms with Crippen LogP contribution in [0.1, 0.15) is 42.5 Å². The lowest BCUT2D eigenvalue weighted by molar-refractivity contribution is 0.0952. The van der Waals surface area contributed by atoms with Crippen LogP contribution in [0.4, 0.5) is 0 Å². The molecule has 2 heterocycles. The molecule has 8 nitrogen and oxygen atoms in total. The predicted molar refractivity (Wildman–Crippen MR) is 126 cm³/mol. The molecular weight excluding hydrogens is 432 g/mol. The highest BCUT2D eigenvalue weighted by molar-refractivity contribution is 6.16. The van der Waals surface area contributed by atoms with Crippen LogP contribution in [0.25, 0.3) is 17.1 Å². The second kappa shape index (κ2) is 8.67. The number of rotatable bonds is 6. The van der Waals surface area contributed by atoms with Crippen LogP contribution >= 0.6 is 0 Å². The fourth-order valence-corrected chi connectivity index (χ4v) is 3.81. The Kier molecular flexibility index (Phi) is 5.39. The zero-order valence-corrected chi connectivity index (χ0v) is 18.0. The van der Waals surface area contributed by atoms with Crippen LogP contribution in [0.3, 0.4) is 0 Å². The molecule has 5 rings (SSSR count). The van der Waals surface area contributed by atoms with Gasteiger partial charge < -0.3 is 20.8 Å². The normalized spacial score (nSPS) is 13.6. The first-order chi connectivity index (χ1) is 16.5. The summed E-state index contributed by atoms with van der Waals surface area (Å²) in [5.74, 6) is -0.127. The molecule has 0 aliphatic carbocycles. The molecule has 1 aliphatic heterocycles. The number of nitrogens with two attached hydrogens (primary N) is 1. The van der Waals surface area contributed by atoms with E-state index in [-0.39, 0.29) is 28.8 Å². The first-order valence-corrected chi connectivity index (χ1v) is 10.7. The summed E-state index contributed by atoms with van der Waals surface area (Å²) in [4.78, 5) is 44.4. The maximum absolute atomic E-state index is 12.6. The number of ketones is 1. The van der Waals surface area contributed by atoms with Gasteiger partial charge in [0.1, 0.15) is 5.82 Å². The number of amides is 2. The van der Waals surface area contributed by atoms with Crippen LogP contribution in [0.2, 0.25) is 0 Å². The first kappa shape index (κ1) is 21.1. The van der Waals surface area contributed by atoms with Crippen LogP contribution in [0.15, 0.2) is 72.5 Å². The van der Waals surface area contributed by atoms with E-state index in [1.165, 1.54) is 6.07 Å². The molecule has 168 valence electrons. The minimum absolute atomic E-state index is 0.0896. The monoisotopic (exact) mass is 452 g/mol. The number of aromatic amines is 1. The summed E-state index contributed by atoms with van der Waals surface area (Å²) in [5.41, 5.74) is 8.85. The number of aromatic nitrogens is 2. The number of H-pyrrole nitrogens is 1. The molecule has 3 aromatic carbocycles. The van der Waals surface area contributed by atoms with Crippen molar-refractivity contribution in [1.29, 1.82) is 0 Å². The highest BCUT2D eigenvalue weighted by Crippen LogP contribution is 2.34. The first-order valence-electron chi connectivity index (χ1n) is 10.7. The number of carbonyl (C=O) groups excluding carboxylic acids is 3. The quantitative estimate of drug-likeness (QED) is 0.387. The molecule has 0 atom stereocenters. The summed E-state index contributed by atoms with van der Waals surface area (Å²) in [5, 5.41) is 2.88. The standard InChI is InChI=1S/C26H20N4O4/c27-25(32)18-5-3-4-17-23(31)21(34-24(17)18)14-15-8-10-16(11-9-15)26(33)28-13-12-22-29-19-6-1-2-7-20(19)30-22/h1-11,14H,12-13H2,(H2,27,32)(H,28,33)(H,29,30)/b21-14-. The van der Waals surface area contributed by atoms with Gasteiger partial charge >= 0.3 is 0 Å². The molecule has 4 aromatic rings. The molecule has 0 saturated heterocycles. The smallest absolute Gasteiger partial charge is 0.252 e. The summed E-state index contributed by atoms with van der Waals surface area (Å²) in [6.45, 7) is 0.438. The van der Waals surface area contributed by atoms with Crippen LogP contribution in [0.5, 0.6) is 5.75 Å². The van der Waals surface area contributed by atoms with Crippen molar-refractivity contribution in [2.45, 2.75) is 6.42 Å². The van der Waals surface area contributed by atoms with E-state index in [4.69, 9.17) is 10.5 Å². The van der Waals surface area contributed by atoms with Gasteiger partial charge in [0, 0.05) is 18.5 Å². The van der Waals surface area contributed by atoms with Crippen LogP contribution in [-0.4, -0.2) is 34.1 Å². The fourth-order valence-electron chi connectivity index (χ4n) is 3.81. The molecular formula is C26H20N4O4. The maximum atomic E-state index is 12.6. The number of benzene rings is 3. The number of hydrogen-bond acceptors (Lipinski definition) is 5. The molecule has 0 saturated carbocycles. The number of nitrogens with one attached hydrogen (secondary N) is 2. The molecule has 34 heavy (non-hydrogen) atoms. The van der Waals surface area contributed by atoms with E-state index in [0.29, 0.717) is 29.7 Å². The Balaban J connectivity index is 1.22. The second-order valence-electron chi connectivity index (χ2n) is 7.81. The van der Waals surface area contributed by atoms with Gasteiger partial charge in [-0.1, -0.05) is 30.3 Å². The zero-order valence-electron chi connectivity index (χ0n) is 18.0. The third-order valence-corrected chi connectivity index (χ3v) is 5.52. The predicted octanol–water partition coefficient (Wildman–Crippen LogP) is 3.25. The van der Waals surface area contributed by atoms with Gasteiger partial charge in [-0.15, -0.1) is 0 Å². The van der Waals surface area contributed by atoms with E-state index in [1.54, 1.807) is 42.5 Å². The lowest BCUT2D eigenvalue weighted by atomic mass is 10.1. The number of allylic oxidation sites excluding steroid dienone is 1. The average molecular weight is 452 g/mol. The lowest BCUT2D eigenvalue weighted by Crippen LogP contribution is -2.25. The third kappa shape index (κ3) is 4.04. The number of hydrogen-bond donors (Lipinski definition) is 3. The van der Waals surface area contributed by atoms with Crippen molar-refractivity contribution in [1.82, 2.24) is 15.3 Å². The Bertz CT molecular complexity index is 1430. The van der Waals surface area contributed by atoms with Gasteiger partial charge in [0.25, 0.3) is 11.8 Å². The minimum Gasteiger partial charge on any atom is -0.452 e. The molecule has 0 radical (unpaired) electrons. The van der Waals surface area contributed by atoms with Gasteiger partial charge in [-0.2, -0.15) is 0 Å². The van der Waals surface area contributed by atoms with Crippen molar-refractivity contribution in [3.05, 3.63) is 101 Å². The molecule has 4 N–H and O–H groups in total. The number of carbonyl (C=O) groups is 3. The number of Topliss-reactive ketones (excluding diaryl/α,β-unsaturated/α-hetero) is 1. The summed E-state index contributed by atoms with van der Waals surface area (Å²) >= 11 is 0. The van der Waals surface area contributed by atoms with Gasteiger partial charge in [0.15, 0.2) is 11.5 Å². The number of primary amides is 1. The zero-order chi connectivity index (χ0) is 23.7. The number of imidazole rings is 1. The van der Waals surface area contributed by atoms with Gasteiger partial charge in [-0.05, 0) is 48.0 Å². The van der Waals surface area contributed by atoms with E-state index in [1.807, 2.05) is 24.3 Å². The Labute approximate surface area is 194 Å². The highest BCUT2D eigenvalue weighted by Gasteiger charge is 2.30. The molecule has 0 spiro atoms. The van der Waals surface area contributed by atoms with Gasteiger partial charge in [-0.3, -0.25) is 14.4 Å². The largest absolute Gasteiger partial charge is 0.452 e. The van der Waals surface area contributed by atoms with Crippen molar-refractivity contribution < 1.29 is 19.1 Å². The van der Waals surface area contributed by atoms with E-state index in [2.05, 4.69) is 15.3 Å². The Morgan fingerprint density at radius 3 is 2.59 bits per heavy atom. The van der Waals surface area contributed by atoms with Crippen LogP contribution in [-0.2, 0) is 6.42 Å². The minimum atomic E-state index is -0.665. The molecule has 0 fully saturated rings. The summed E-state index contributed by atoms with van der Waals surface area (Å²) in [7, 11) is 0. The number of para-hydroxylation sites is 3. The van der Waals surface area contributed by atoms with Crippen molar-refractivity contribution >= 4 is 34.7 Å². The molecule has 0 bridgehead atoms. The fraction of sp³-hybridized carbons (Fsp3) is 0.0769. The van der Waals surface area contributed by atoms with Gasteiger partial charge in [0.2, 0.25) is 5.78 Å². The van der Waals surface area contributed by atoms with E-state index < -0.39 is 5.91 Å². The number of ether oxygens (including phenoxy) is 1. The van der Waals surface area contributed by atoms with E-state index in [9.17, 15) is 14.4 Å². The lowest BCUT2D eigenvalue weighted by Gasteiger charge is -2.05. The maximum Gasteiger partial charge on any atom is 0.252 e. The SMILES string of the molecule is NC(=O)c1cccc2c1O/C(=C\c1ccc(C(=O)NCCc3nc4ccccc4[nH]3)cc1)C2=O. The highest BCUT2D eigenvalue weighted by atomic mass is 16.5. The molecule has 8 heteroatoms. The van der Waals surface area contributed by atoms with E-state index in [0.717, 1.165) is 16.9 Å². The topological polar surface area (TPSA) is 127 Å². The summed E-state index contributed by atoms with van der Waals surface area (Å²) < 4.78 is 5.63. The molecule has 1 aromatic heterocycles. The van der Waals surface area contributed by atoms with Crippen LogP contribution < -0.4 is 15.8 Å². The second-order valence-corrected chi connectivity index (χ2v) is 7.81. The Morgan fingerprint density at radius 2 is 1.82 bits per heavy atom. The Morgan fingerprint density at radius 1 is 1.03 bits per heavy atom. The molecule has 0 unspecified atom stereocenters. The molecule has 2 amide bonds. The Hall–Kier alpha value is -4.72. The number of nitrogens with zero attached hydrogens (tertiary/aromatic N) is 1. The van der Waals surface area contributed by atoms with E-state index >= 15 is 0 Å². The van der Waals surface area contributed by atoms with Gasteiger partial charge in [0.05, 0.1) is 22.2 Å². The third-order valence-electron chi connectivity index (χ3n) is 5.52.